The number of benzene rings is 1. The predicted octanol–water partition coefficient (Wildman–Crippen LogP) is 0.862. The third-order valence-corrected chi connectivity index (χ3v) is 7.34. The lowest BCUT2D eigenvalue weighted by Gasteiger charge is -2.28. The second-order valence-electron chi connectivity index (χ2n) is 8.03. The van der Waals surface area contributed by atoms with Gasteiger partial charge in [-0.15, -0.1) is 0 Å². The van der Waals surface area contributed by atoms with Crippen LogP contribution in [0.2, 0.25) is 0 Å². The third kappa shape index (κ3) is 2.82. The summed E-state index contributed by atoms with van der Waals surface area (Å²) in [5.74, 6) is -0.142. The number of para-hydroxylation sites is 1. The molecule has 4 heterocycles. The maximum absolute atomic E-state index is 13.4. The first-order valence-electron chi connectivity index (χ1n) is 11.1. The third-order valence-electron chi connectivity index (χ3n) is 6.28. The number of nitrogens with zero attached hydrogens (tertiary/aromatic N) is 5. The summed E-state index contributed by atoms with van der Waals surface area (Å²) >= 11 is 1.20. The first kappa shape index (κ1) is 20.7. The van der Waals surface area contributed by atoms with E-state index in [0.29, 0.717) is 34.5 Å². The van der Waals surface area contributed by atoms with Gasteiger partial charge in [0, 0.05) is 25.2 Å². The molecule has 1 fully saturated rings. The molecule has 3 aliphatic heterocycles. The van der Waals surface area contributed by atoms with Gasteiger partial charge >= 0.3 is 6.03 Å². The number of hydrogen-bond acceptors (Lipinski definition) is 6. The number of urea groups is 1. The summed E-state index contributed by atoms with van der Waals surface area (Å²) in [6, 6.07) is 7.53. The highest BCUT2D eigenvalue weighted by molar-refractivity contribution is 7.07. The first-order valence-corrected chi connectivity index (χ1v) is 11.9. The number of anilines is 1. The molecule has 9 nitrogen and oxygen atoms in total. The van der Waals surface area contributed by atoms with Gasteiger partial charge in [-0.25, -0.2) is 9.79 Å². The van der Waals surface area contributed by atoms with E-state index in [1.54, 1.807) is 14.7 Å². The van der Waals surface area contributed by atoms with E-state index in [-0.39, 0.29) is 17.5 Å². The van der Waals surface area contributed by atoms with Gasteiger partial charge < -0.3 is 4.90 Å². The maximum atomic E-state index is 13.4. The molecule has 168 valence electrons. The van der Waals surface area contributed by atoms with Crippen molar-refractivity contribution in [2.75, 3.05) is 30.0 Å². The van der Waals surface area contributed by atoms with Crippen LogP contribution < -0.4 is 25.2 Å². The Labute approximate surface area is 189 Å². The number of rotatable bonds is 5. The Morgan fingerprint density at radius 3 is 2.53 bits per heavy atom. The lowest BCUT2D eigenvalue weighted by atomic mass is 10.1. The van der Waals surface area contributed by atoms with Crippen molar-refractivity contribution < 1.29 is 9.59 Å². The Balaban J connectivity index is 1.68. The van der Waals surface area contributed by atoms with E-state index < -0.39 is 12.3 Å². The van der Waals surface area contributed by atoms with Crippen LogP contribution in [0.4, 0.5) is 10.5 Å². The minimum absolute atomic E-state index is 0.0921. The number of hydrogen-bond donors (Lipinski definition) is 1. The van der Waals surface area contributed by atoms with Gasteiger partial charge in [-0.2, -0.15) is 4.68 Å². The molecule has 0 aliphatic carbocycles. The normalized spacial score (nSPS) is 23.2. The summed E-state index contributed by atoms with van der Waals surface area (Å²) in [6.45, 7) is 7.57. The van der Waals surface area contributed by atoms with E-state index in [1.807, 2.05) is 38.1 Å². The standard InChI is InChI=1S/C22H26N6O3S/c1-4-7-12-27-14-11-9-8-10-13(14)15(19(27)29)16-20(30)28-21(32-16)23-17-18(24-28)26(6-3)22(31)25(17)5-2/h8-11,17-18,24H,4-7,12H2,1-3H3/b16-15-. The Morgan fingerprint density at radius 1 is 1.06 bits per heavy atom. The van der Waals surface area contributed by atoms with Gasteiger partial charge in [-0.05, 0) is 26.3 Å². The highest BCUT2D eigenvalue weighted by atomic mass is 32.1. The van der Waals surface area contributed by atoms with Crippen LogP contribution in [0.25, 0.3) is 5.57 Å². The van der Waals surface area contributed by atoms with Crippen LogP contribution >= 0.6 is 11.3 Å². The Morgan fingerprint density at radius 2 is 1.81 bits per heavy atom. The van der Waals surface area contributed by atoms with Crippen molar-refractivity contribution in [1.29, 1.82) is 0 Å². The molecular formula is C22H26N6O3S. The van der Waals surface area contributed by atoms with Gasteiger partial charge in [0.1, 0.15) is 4.53 Å². The molecular weight excluding hydrogens is 428 g/mol. The number of nitrogens with one attached hydrogen (secondary N) is 1. The highest BCUT2D eigenvalue weighted by Crippen LogP contribution is 2.35. The average molecular weight is 455 g/mol. The van der Waals surface area contributed by atoms with Gasteiger partial charge in [0.2, 0.25) is 4.80 Å². The summed E-state index contributed by atoms with van der Waals surface area (Å²) in [6.07, 6.45) is 1.04. The molecule has 32 heavy (non-hydrogen) atoms. The van der Waals surface area contributed by atoms with Gasteiger partial charge in [0.05, 0.1) is 11.3 Å². The van der Waals surface area contributed by atoms with Crippen molar-refractivity contribution in [3.05, 3.63) is 49.5 Å². The molecule has 0 bridgehead atoms. The molecule has 3 aliphatic rings. The van der Waals surface area contributed by atoms with Crippen molar-refractivity contribution in [1.82, 2.24) is 14.5 Å². The minimum atomic E-state index is -0.419. The molecule has 3 amide bonds. The molecule has 1 N–H and O–H groups in total. The van der Waals surface area contributed by atoms with Gasteiger partial charge in [0.25, 0.3) is 11.5 Å². The second kappa shape index (κ2) is 7.77. The molecule has 0 radical (unpaired) electrons. The molecule has 0 spiro atoms. The second-order valence-corrected chi connectivity index (χ2v) is 9.01. The van der Waals surface area contributed by atoms with Crippen LogP contribution in [0.3, 0.4) is 0 Å². The summed E-state index contributed by atoms with van der Waals surface area (Å²) in [5, 5.41) is 0. The van der Waals surface area contributed by atoms with Crippen molar-refractivity contribution in [3.8, 4) is 0 Å². The summed E-state index contributed by atoms with van der Waals surface area (Å²) in [5.41, 5.74) is 4.96. The van der Waals surface area contributed by atoms with Gasteiger partial charge in [-0.1, -0.05) is 42.9 Å². The molecule has 2 atom stereocenters. The molecule has 1 saturated heterocycles. The van der Waals surface area contributed by atoms with E-state index in [0.717, 1.165) is 24.1 Å². The number of amides is 3. The van der Waals surface area contributed by atoms with E-state index >= 15 is 0 Å². The Hall–Kier alpha value is -3.14. The van der Waals surface area contributed by atoms with E-state index in [4.69, 9.17) is 4.99 Å². The number of unbranched alkanes of at least 4 members (excludes halogenated alkanes) is 1. The highest BCUT2D eigenvalue weighted by Gasteiger charge is 2.47. The van der Waals surface area contributed by atoms with Crippen LogP contribution in [0.15, 0.2) is 34.1 Å². The lowest BCUT2D eigenvalue weighted by molar-refractivity contribution is -0.113. The maximum Gasteiger partial charge on any atom is 0.323 e. The molecule has 10 heteroatoms. The number of fused-ring (bicyclic) bond motifs is 3. The number of carbonyl (C=O) groups excluding carboxylic acids is 2. The van der Waals surface area contributed by atoms with E-state index in [2.05, 4.69) is 12.3 Å². The molecule has 0 saturated carbocycles. The Bertz CT molecular complexity index is 1280. The topological polar surface area (TPSA) is 90.2 Å². The fraction of sp³-hybridized carbons (Fsp3) is 0.455. The number of carbonyl (C=O) groups is 2. The fourth-order valence-electron chi connectivity index (χ4n) is 4.67. The zero-order valence-corrected chi connectivity index (χ0v) is 19.2. The first-order chi connectivity index (χ1) is 15.5. The lowest BCUT2D eigenvalue weighted by Crippen LogP contribution is -2.55. The minimum Gasteiger partial charge on any atom is -0.308 e. The predicted molar refractivity (Wildman–Crippen MR) is 123 cm³/mol. The summed E-state index contributed by atoms with van der Waals surface area (Å²) in [7, 11) is 0. The molecule has 5 rings (SSSR count). The monoisotopic (exact) mass is 454 g/mol. The number of aromatic nitrogens is 1. The van der Waals surface area contributed by atoms with E-state index in [9.17, 15) is 14.4 Å². The van der Waals surface area contributed by atoms with E-state index in [1.165, 1.54) is 16.0 Å². The van der Waals surface area contributed by atoms with Crippen molar-refractivity contribution >= 4 is 34.5 Å². The zero-order valence-electron chi connectivity index (χ0n) is 18.4. The van der Waals surface area contributed by atoms with Crippen molar-refractivity contribution in [2.45, 2.75) is 45.9 Å². The van der Waals surface area contributed by atoms with Crippen LogP contribution in [-0.4, -0.2) is 58.4 Å². The van der Waals surface area contributed by atoms with Crippen molar-refractivity contribution in [2.24, 2.45) is 4.99 Å². The largest absolute Gasteiger partial charge is 0.323 e. The zero-order chi connectivity index (χ0) is 22.6. The van der Waals surface area contributed by atoms with Gasteiger partial charge in [0.15, 0.2) is 12.3 Å². The fourth-order valence-corrected chi connectivity index (χ4v) is 5.72. The van der Waals surface area contributed by atoms with Crippen LogP contribution in [-0.2, 0) is 4.79 Å². The van der Waals surface area contributed by atoms with Gasteiger partial charge in [-0.3, -0.25) is 24.8 Å². The summed E-state index contributed by atoms with van der Waals surface area (Å²) in [4.78, 5) is 49.9. The average Bonchev–Trinajstić information content (AvgIpc) is 3.36. The molecule has 1 aromatic heterocycles. The smallest absolute Gasteiger partial charge is 0.308 e. The van der Waals surface area contributed by atoms with Crippen LogP contribution in [0, 0.1) is 0 Å². The quantitative estimate of drug-likeness (QED) is 0.726. The summed E-state index contributed by atoms with van der Waals surface area (Å²) < 4.78 is 1.78. The molecule has 2 aromatic rings. The SMILES string of the molecule is CCCCN1C(=O)/C(=c2\sc3n(c2=O)NC2C(N=3)N(CC)C(=O)N2CC)c2ccccc21. The van der Waals surface area contributed by atoms with Crippen LogP contribution in [0.1, 0.15) is 39.2 Å². The van der Waals surface area contributed by atoms with Crippen molar-refractivity contribution in [3.63, 3.8) is 0 Å². The number of likely N-dealkylation sites (N-methyl/N-ethyl adjacent to an activating group) is 2. The van der Waals surface area contributed by atoms with Crippen LogP contribution in [0.5, 0.6) is 0 Å². The Kier molecular flexibility index (Phi) is 5.04. The molecule has 2 unspecified atom stereocenters. The molecule has 1 aromatic carbocycles. The number of thiazole rings is 1.